The molecular formula is C23H22FN3O2S. The van der Waals surface area contributed by atoms with E-state index in [4.69, 9.17) is 4.74 Å². The molecule has 0 saturated heterocycles. The Balaban J connectivity index is 1.47. The van der Waals surface area contributed by atoms with E-state index in [0.29, 0.717) is 6.61 Å². The highest BCUT2D eigenvalue weighted by Gasteiger charge is 2.27. The summed E-state index contributed by atoms with van der Waals surface area (Å²) in [6.45, 7) is 2.30. The molecule has 154 valence electrons. The van der Waals surface area contributed by atoms with Crippen molar-refractivity contribution in [2.24, 2.45) is 0 Å². The largest absolute Gasteiger partial charge is 0.465 e. The molecule has 4 aromatic rings. The topological polar surface area (TPSA) is 56.1 Å². The number of hydrogen-bond donors (Lipinski definition) is 1. The normalized spacial score (nSPS) is 16.0. The third kappa shape index (κ3) is 3.43. The minimum Gasteiger partial charge on any atom is -0.465 e. The number of halogens is 1. The molecule has 5 nitrogen and oxygen atoms in total. The lowest BCUT2D eigenvalue weighted by Gasteiger charge is -2.24. The first-order valence-electron chi connectivity index (χ1n) is 10.2. The highest BCUT2D eigenvalue weighted by atomic mass is 32.1. The molecule has 0 spiro atoms. The molecule has 1 atom stereocenters. The minimum atomic E-state index is -0.267. The lowest BCUT2D eigenvalue weighted by Crippen LogP contribution is -2.28. The van der Waals surface area contributed by atoms with E-state index >= 15 is 0 Å². The number of fused-ring (bicyclic) bond motifs is 4. The molecule has 0 bridgehead atoms. The predicted molar refractivity (Wildman–Crippen MR) is 118 cm³/mol. The molecule has 30 heavy (non-hydrogen) atoms. The van der Waals surface area contributed by atoms with Gasteiger partial charge in [-0.3, -0.25) is 4.79 Å². The van der Waals surface area contributed by atoms with Crippen molar-refractivity contribution in [3.05, 3.63) is 59.5 Å². The molecule has 1 aliphatic carbocycles. The van der Waals surface area contributed by atoms with Crippen LogP contribution in [0.3, 0.4) is 0 Å². The lowest BCUT2D eigenvalue weighted by atomic mass is 9.91. The van der Waals surface area contributed by atoms with Crippen LogP contribution in [0.2, 0.25) is 0 Å². The van der Waals surface area contributed by atoms with E-state index in [9.17, 15) is 9.18 Å². The Morgan fingerprint density at radius 3 is 3.03 bits per heavy atom. The van der Waals surface area contributed by atoms with Crippen molar-refractivity contribution in [3.8, 4) is 0 Å². The van der Waals surface area contributed by atoms with Crippen LogP contribution in [-0.2, 0) is 28.9 Å². The first-order chi connectivity index (χ1) is 14.6. The van der Waals surface area contributed by atoms with Gasteiger partial charge in [0.05, 0.1) is 16.8 Å². The smallest absolute Gasteiger partial charge is 0.325 e. The average molecular weight is 424 g/mol. The molecule has 1 aliphatic rings. The van der Waals surface area contributed by atoms with Gasteiger partial charge in [-0.2, -0.15) is 0 Å². The molecule has 5 rings (SSSR count). The van der Waals surface area contributed by atoms with Crippen molar-refractivity contribution in [2.75, 3.05) is 11.9 Å². The number of anilines is 1. The van der Waals surface area contributed by atoms with Crippen molar-refractivity contribution in [2.45, 2.75) is 38.8 Å². The van der Waals surface area contributed by atoms with E-state index in [1.54, 1.807) is 30.4 Å². The van der Waals surface area contributed by atoms with Crippen molar-refractivity contribution in [1.82, 2.24) is 9.55 Å². The highest BCUT2D eigenvalue weighted by molar-refractivity contribution is 7.22. The second kappa shape index (κ2) is 7.72. The van der Waals surface area contributed by atoms with Gasteiger partial charge in [-0.1, -0.05) is 23.5 Å². The fourth-order valence-corrected chi connectivity index (χ4v) is 5.31. The molecule has 0 amide bonds. The van der Waals surface area contributed by atoms with Crippen LogP contribution < -0.4 is 5.32 Å². The van der Waals surface area contributed by atoms with Gasteiger partial charge in [-0.25, -0.2) is 9.37 Å². The van der Waals surface area contributed by atoms with E-state index in [1.807, 2.05) is 22.8 Å². The quantitative estimate of drug-likeness (QED) is 0.463. The van der Waals surface area contributed by atoms with Crippen LogP contribution in [0.1, 0.15) is 24.6 Å². The SMILES string of the molecule is CCOC(=O)Cn1c2c(c3cc(F)ccc31)C[C@@H](Nc1nc3ccccc3s1)CC2. The Morgan fingerprint density at radius 1 is 1.33 bits per heavy atom. The van der Waals surface area contributed by atoms with Crippen molar-refractivity contribution in [1.29, 1.82) is 0 Å². The molecule has 0 fully saturated rings. The van der Waals surface area contributed by atoms with E-state index in [-0.39, 0.29) is 24.4 Å². The maximum Gasteiger partial charge on any atom is 0.325 e. The predicted octanol–water partition coefficient (Wildman–Crippen LogP) is 4.92. The Bertz CT molecular complexity index is 1210. The second-order valence-corrected chi connectivity index (χ2v) is 8.58. The van der Waals surface area contributed by atoms with E-state index in [1.165, 1.54) is 6.07 Å². The van der Waals surface area contributed by atoms with Gasteiger partial charge in [0.25, 0.3) is 0 Å². The standard InChI is InChI=1S/C23H22FN3O2S/c1-2-29-22(28)13-27-19-9-7-14(24)11-16(19)17-12-15(8-10-20(17)27)25-23-26-18-5-3-4-6-21(18)30-23/h3-7,9,11,15H,2,8,10,12-13H2,1H3,(H,25,26)/t15-/m0/s1. The molecule has 0 unspecified atom stereocenters. The monoisotopic (exact) mass is 423 g/mol. The van der Waals surface area contributed by atoms with Crippen LogP contribution in [0.4, 0.5) is 9.52 Å². The van der Waals surface area contributed by atoms with Crippen LogP contribution >= 0.6 is 11.3 Å². The third-order valence-electron chi connectivity index (χ3n) is 5.64. The first-order valence-corrected chi connectivity index (χ1v) is 11.0. The molecule has 2 heterocycles. The van der Waals surface area contributed by atoms with Crippen LogP contribution in [0, 0.1) is 5.82 Å². The third-order valence-corrected chi connectivity index (χ3v) is 6.61. The number of para-hydroxylation sites is 1. The summed E-state index contributed by atoms with van der Waals surface area (Å²) in [6.07, 6.45) is 2.50. The zero-order valence-corrected chi connectivity index (χ0v) is 17.5. The Labute approximate surface area is 177 Å². The zero-order chi connectivity index (χ0) is 20.7. The summed E-state index contributed by atoms with van der Waals surface area (Å²) in [7, 11) is 0. The summed E-state index contributed by atoms with van der Waals surface area (Å²) >= 11 is 1.65. The number of hydrogen-bond acceptors (Lipinski definition) is 5. The molecular weight excluding hydrogens is 401 g/mol. The van der Waals surface area contributed by atoms with Gasteiger partial charge in [-0.15, -0.1) is 0 Å². The maximum absolute atomic E-state index is 14.0. The highest BCUT2D eigenvalue weighted by Crippen LogP contribution is 2.35. The van der Waals surface area contributed by atoms with Crippen LogP contribution in [-0.4, -0.2) is 28.2 Å². The van der Waals surface area contributed by atoms with Crippen LogP contribution in [0.25, 0.3) is 21.1 Å². The average Bonchev–Trinajstić information content (AvgIpc) is 3.27. The number of benzene rings is 2. The van der Waals surface area contributed by atoms with Gasteiger partial charge in [0.2, 0.25) is 0 Å². The summed E-state index contributed by atoms with van der Waals surface area (Å²) in [6, 6.07) is 13.1. The van der Waals surface area contributed by atoms with E-state index in [0.717, 1.165) is 56.8 Å². The number of carbonyl (C=O) groups is 1. The number of rotatable bonds is 5. The maximum atomic E-state index is 14.0. The molecule has 1 N–H and O–H groups in total. The van der Waals surface area contributed by atoms with Crippen LogP contribution in [0.15, 0.2) is 42.5 Å². The van der Waals surface area contributed by atoms with Crippen molar-refractivity contribution >= 4 is 43.6 Å². The Hall–Kier alpha value is -2.93. The summed E-state index contributed by atoms with van der Waals surface area (Å²) in [5, 5.41) is 5.36. The number of ether oxygens (including phenoxy) is 1. The van der Waals surface area contributed by atoms with E-state index in [2.05, 4.69) is 16.4 Å². The molecule has 0 aliphatic heterocycles. The van der Waals surface area contributed by atoms with Gasteiger partial charge >= 0.3 is 5.97 Å². The molecule has 0 radical (unpaired) electrons. The van der Waals surface area contributed by atoms with E-state index < -0.39 is 0 Å². The first kappa shape index (κ1) is 19.1. The molecule has 7 heteroatoms. The number of nitrogens with one attached hydrogen (secondary N) is 1. The van der Waals surface area contributed by atoms with Crippen molar-refractivity contribution in [3.63, 3.8) is 0 Å². The second-order valence-electron chi connectivity index (χ2n) is 7.55. The van der Waals surface area contributed by atoms with Gasteiger partial charge in [-0.05, 0) is 62.1 Å². The number of nitrogens with zero attached hydrogens (tertiary/aromatic N) is 2. The fraction of sp³-hybridized carbons (Fsp3) is 0.304. The number of aromatic nitrogens is 2. The Morgan fingerprint density at radius 2 is 2.20 bits per heavy atom. The zero-order valence-electron chi connectivity index (χ0n) is 16.7. The number of thiazole rings is 1. The summed E-state index contributed by atoms with van der Waals surface area (Å²) < 4.78 is 22.3. The number of carbonyl (C=O) groups excluding carboxylic acids is 1. The van der Waals surface area contributed by atoms with Gasteiger partial charge in [0.15, 0.2) is 5.13 Å². The van der Waals surface area contributed by atoms with Gasteiger partial charge in [0, 0.05) is 22.6 Å². The Kier molecular flexibility index (Phi) is 4.90. The fourth-order valence-electron chi connectivity index (χ4n) is 4.37. The molecule has 0 saturated carbocycles. The van der Waals surface area contributed by atoms with Crippen molar-refractivity contribution < 1.29 is 13.9 Å². The molecule has 2 aromatic heterocycles. The minimum absolute atomic E-state index is 0.154. The lowest BCUT2D eigenvalue weighted by molar-refractivity contribution is -0.143. The van der Waals surface area contributed by atoms with Gasteiger partial charge < -0.3 is 14.6 Å². The number of esters is 1. The molecule has 2 aromatic carbocycles. The summed E-state index contributed by atoms with van der Waals surface area (Å²) in [5.74, 6) is -0.531. The van der Waals surface area contributed by atoms with Gasteiger partial charge in [0.1, 0.15) is 12.4 Å². The summed E-state index contributed by atoms with van der Waals surface area (Å²) in [5.41, 5.74) is 4.09. The summed E-state index contributed by atoms with van der Waals surface area (Å²) in [4.78, 5) is 16.8. The van der Waals surface area contributed by atoms with Crippen LogP contribution in [0.5, 0.6) is 0 Å².